The number of nitriles is 1. The van der Waals surface area contributed by atoms with Gasteiger partial charge < -0.3 is 5.73 Å². The van der Waals surface area contributed by atoms with Crippen molar-refractivity contribution >= 4 is 16.7 Å². The average molecular weight is 404 g/mol. The molecule has 148 valence electrons. The number of benzene rings is 1. The van der Waals surface area contributed by atoms with E-state index in [2.05, 4.69) is 31.1 Å². The van der Waals surface area contributed by atoms with Gasteiger partial charge in [0.05, 0.1) is 35.3 Å². The zero-order valence-electron chi connectivity index (χ0n) is 16.3. The SMILES string of the molecule is N#Cc1cccc(-c2nc(N)c3nn(Cc4ccccn4)cc3c2-c2ccncn2)c1. The molecule has 1 aromatic carbocycles. The van der Waals surface area contributed by atoms with Crippen LogP contribution in [0.15, 0.2) is 73.4 Å². The van der Waals surface area contributed by atoms with Gasteiger partial charge in [0.1, 0.15) is 11.8 Å². The highest BCUT2D eigenvalue weighted by atomic mass is 15.3. The summed E-state index contributed by atoms with van der Waals surface area (Å²) in [5.41, 5.74) is 11.2. The van der Waals surface area contributed by atoms with E-state index in [4.69, 9.17) is 5.73 Å². The van der Waals surface area contributed by atoms with Crippen molar-refractivity contribution in [1.82, 2.24) is 29.7 Å². The van der Waals surface area contributed by atoms with Crippen molar-refractivity contribution in [1.29, 1.82) is 5.26 Å². The molecule has 2 N–H and O–H groups in total. The van der Waals surface area contributed by atoms with Gasteiger partial charge in [-0.2, -0.15) is 10.4 Å². The molecule has 0 aliphatic heterocycles. The molecule has 0 spiro atoms. The first-order valence-corrected chi connectivity index (χ1v) is 9.56. The largest absolute Gasteiger partial charge is 0.382 e. The smallest absolute Gasteiger partial charge is 0.152 e. The van der Waals surface area contributed by atoms with Crippen molar-refractivity contribution in [3.63, 3.8) is 0 Å². The van der Waals surface area contributed by atoms with Crippen LogP contribution in [0.2, 0.25) is 0 Å². The molecular formula is C23H16N8. The number of aromatic nitrogens is 6. The van der Waals surface area contributed by atoms with Crippen LogP contribution in [0.1, 0.15) is 11.3 Å². The van der Waals surface area contributed by atoms with Gasteiger partial charge in [0.2, 0.25) is 0 Å². The fourth-order valence-corrected chi connectivity index (χ4v) is 3.53. The van der Waals surface area contributed by atoms with E-state index in [-0.39, 0.29) is 0 Å². The molecule has 0 amide bonds. The van der Waals surface area contributed by atoms with E-state index in [0.29, 0.717) is 34.8 Å². The van der Waals surface area contributed by atoms with Crippen LogP contribution in [-0.4, -0.2) is 29.7 Å². The summed E-state index contributed by atoms with van der Waals surface area (Å²) in [7, 11) is 0. The third kappa shape index (κ3) is 3.45. The lowest BCUT2D eigenvalue weighted by Gasteiger charge is -2.11. The number of hydrogen-bond acceptors (Lipinski definition) is 7. The number of hydrogen-bond donors (Lipinski definition) is 1. The lowest BCUT2D eigenvalue weighted by molar-refractivity contribution is 0.681. The van der Waals surface area contributed by atoms with Gasteiger partial charge in [-0.05, 0) is 30.3 Å². The predicted molar refractivity (Wildman–Crippen MR) is 116 cm³/mol. The number of anilines is 1. The van der Waals surface area contributed by atoms with Crippen LogP contribution in [0.5, 0.6) is 0 Å². The highest BCUT2D eigenvalue weighted by molar-refractivity contribution is 6.04. The van der Waals surface area contributed by atoms with E-state index >= 15 is 0 Å². The van der Waals surface area contributed by atoms with Crippen LogP contribution in [0.4, 0.5) is 5.82 Å². The van der Waals surface area contributed by atoms with Crippen LogP contribution in [0, 0.1) is 11.3 Å². The maximum Gasteiger partial charge on any atom is 0.152 e. The first kappa shape index (κ1) is 18.4. The van der Waals surface area contributed by atoms with E-state index in [0.717, 1.165) is 22.2 Å². The van der Waals surface area contributed by atoms with Gasteiger partial charge in [-0.3, -0.25) is 9.67 Å². The van der Waals surface area contributed by atoms with Crippen LogP contribution in [0.3, 0.4) is 0 Å². The molecule has 8 heteroatoms. The van der Waals surface area contributed by atoms with Gasteiger partial charge in [-0.1, -0.05) is 18.2 Å². The molecule has 0 unspecified atom stereocenters. The van der Waals surface area contributed by atoms with Gasteiger partial charge in [-0.25, -0.2) is 15.0 Å². The molecule has 0 saturated carbocycles. The minimum Gasteiger partial charge on any atom is -0.382 e. The molecule has 5 aromatic rings. The number of nitrogens with zero attached hydrogens (tertiary/aromatic N) is 7. The maximum atomic E-state index is 9.33. The molecule has 0 saturated heterocycles. The Kier molecular flexibility index (Phi) is 4.54. The van der Waals surface area contributed by atoms with Gasteiger partial charge in [0.25, 0.3) is 0 Å². The third-order valence-corrected chi connectivity index (χ3v) is 4.90. The Balaban J connectivity index is 1.76. The van der Waals surface area contributed by atoms with Gasteiger partial charge >= 0.3 is 0 Å². The molecule has 0 fully saturated rings. The normalized spacial score (nSPS) is 10.8. The molecule has 0 aliphatic rings. The van der Waals surface area contributed by atoms with Gasteiger partial charge in [-0.15, -0.1) is 0 Å². The minimum atomic E-state index is 0.310. The summed E-state index contributed by atoms with van der Waals surface area (Å²) in [5.74, 6) is 0.310. The summed E-state index contributed by atoms with van der Waals surface area (Å²) < 4.78 is 1.80. The maximum absolute atomic E-state index is 9.33. The summed E-state index contributed by atoms with van der Waals surface area (Å²) >= 11 is 0. The van der Waals surface area contributed by atoms with Crippen molar-refractivity contribution in [3.05, 3.63) is 84.7 Å². The summed E-state index contributed by atoms with van der Waals surface area (Å²) in [6, 6.07) is 17.0. The Labute approximate surface area is 177 Å². The minimum absolute atomic E-state index is 0.310. The van der Waals surface area contributed by atoms with E-state index in [1.54, 1.807) is 29.2 Å². The molecule has 31 heavy (non-hydrogen) atoms. The topological polar surface area (TPSA) is 119 Å². The summed E-state index contributed by atoms with van der Waals surface area (Å²) in [6.45, 7) is 0.497. The Morgan fingerprint density at radius 3 is 2.74 bits per heavy atom. The van der Waals surface area contributed by atoms with E-state index < -0.39 is 0 Å². The number of nitrogen functional groups attached to an aromatic ring is 1. The Bertz CT molecular complexity index is 1420. The van der Waals surface area contributed by atoms with Crippen LogP contribution in [-0.2, 0) is 6.54 Å². The number of pyridine rings is 2. The lowest BCUT2D eigenvalue weighted by Crippen LogP contribution is -2.02. The van der Waals surface area contributed by atoms with Crippen LogP contribution >= 0.6 is 0 Å². The van der Waals surface area contributed by atoms with Crippen molar-refractivity contribution in [2.75, 3.05) is 5.73 Å². The summed E-state index contributed by atoms with van der Waals surface area (Å²) in [6.07, 6.45) is 6.85. The second-order valence-electron chi connectivity index (χ2n) is 6.92. The van der Waals surface area contributed by atoms with Crippen LogP contribution in [0.25, 0.3) is 33.4 Å². The highest BCUT2D eigenvalue weighted by Gasteiger charge is 2.20. The Morgan fingerprint density at radius 1 is 1.03 bits per heavy atom. The lowest BCUT2D eigenvalue weighted by atomic mass is 9.98. The van der Waals surface area contributed by atoms with Crippen LogP contribution < -0.4 is 5.73 Å². The predicted octanol–water partition coefficient (Wildman–Crippen LogP) is 3.45. The third-order valence-electron chi connectivity index (χ3n) is 4.90. The van der Waals surface area contributed by atoms with Crippen molar-refractivity contribution in [2.24, 2.45) is 0 Å². The summed E-state index contributed by atoms with van der Waals surface area (Å²) in [4.78, 5) is 17.5. The standard InChI is InChI=1S/C23H16N8/c24-11-15-4-3-5-16(10-15)21-20(19-7-9-26-14-28-19)18-13-31(30-22(18)23(25)29-21)12-17-6-1-2-8-27-17/h1-10,13-14H,12H2,(H2,25,29). The molecule has 0 atom stereocenters. The fourth-order valence-electron chi connectivity index (χ4n) is 3.53. The van der Waals surface area contributed by atoms with E-state index in [9.17, 15) is 5.26 Å². The van der Waals surface area contributed by atoms with Gasteiger partial charge in [0, 0.05) is 35.1 Å². The average Bonchev–Trinajstić information content (AvgIpc) is 3.24. The highest BCUT2D eigenvalue weighted by Crippen LogP contribution is 2.37. The zero-order chi connectivity index (χ0) is 21.2. The summed E-state index contributed by atoms with van der Waals surface area (Å²) in [5, 5.41) is 14.8. The molecular weight excluding hydrogens is 388 g/mol. The van der Waals surface area contributed by atoms with E-state index in [1.165, 1.54) is 6.33 Å². The second kappa shape index (κ2) is 7.65. The zero-order valence-corrected chi connectivity index (χ0v) is 16.3. The van der Waals surface area contributed by atoms with Gasteiger partial charge in [0.15, 0.2) is 5.82 Å². The molecule has 4 heterocycles. The molecule has 4 aromatic heterocycles. The Hall–Kier alpha value is -4.64. The quantitative estimate of drug-likeness (QED) is 0.487. The van der Waals surface area contributed by atoms with Crippen molar-refractivity contribution in [3.8, 4) is 28.6 Å². The molecule has 8 nitrogen and oxygen atoms in total. The Morgan fingerprint density at radius 2 is 1.97 bits per heavy atom. The second-order valence-corrected chi connectivity index (χ2v) is 6.92. The number of nitrogens with two attached hydrogens (primary N) is 1. The molecule has 5 rings (SSSR count). The number of fused-ring (bicyclic) bond motifs is 1. The van der Waals surface area contributed by atoms with Crippen molar-refractivity contribution < 1.29 is 0 Å². The number of rotatable bonds is 4. The first-order chi connectivity index (χ1) is 15.2. The molecule has 0 radical (unpaired) electrons. The molecule has 0 bridgehead atoms. The fraction of sp³-hybridized carbons (Fsp3) is 0.0435. The first-order valence-electron chi connectivity index (χ1n) is 9.56. The monoisotopic (exact) mass is 404 g/mol. The molecule has 0 aliphatic carbocycles. The van der Waals surface area contributed by atoms with E-state index in [1.807, 2.05) is 42.6 Å². The van der Waals surface area contributed by atoms with Crippen molar-refractivity contribution in [2.45, 2.75) is 6.54 Å².